The molecule has 0 aliphatic heterocycles. The summed E-state index contributed by atoms with van der Waals surface area (Å²) >= 11 is 1.46. The molecule has 3 aromatic carbocycles. The van der Waals surface area contributed by atoms with Gasteiger partial charge in [-0.05, 0) is 24.3 Å². The van der Waals surface area contributed by atoms with Crippen LogP contribution >= 0.6 is 11.3 Å². The van der Waals surface area contributed by atoms with E-state index >= 15 is 0 Å². The normalized spacial score (nSPS) is 13.1. The molecule has 0 saturated heterocycles. The predicted octanol–water partition coefficient (Wildman–Crippen LogP) is 4.19. The highest BCUT2D eigenvalue weighted by atomic mass is 32.1. The maximum Gasteiger partial charge on any atom is 0.195 e. The van der Waals surface area contributed by atoms with Gasteiger partial charge < -0.3 is 0 Å². The van der Waals surface area contributed by atoms with Crippen LogP contribution in [-0.2, 0) is 0 Å². The lowest BCUT2D eigenvalue weighted by Gasteiger charge is -2.17. The average Bonchev–Trinajstić information content (AvgIpc) is 2.65. The van der Waals surface area contributed by atoms with Gasteiger partial charge in [-0.25, -0.2) is 0 Å². The Labute approximate surface area is 146 Å². The van der Waals surface area contributed by atoms with Crippen LogP contribution in [0.5, 0.6) is 0 Å². The highest BCUT2D eigenvalue weighted by Gasteiger charge is 2.30. The van der Waals surface area contributed by atoms with Crippen molar-refractivity contribution < 1.29 is 9.59 Å². The number of carbonyl (C=O) groups excluding carboxylic acids is 2. The molecular weight excluding hydrogens is 332 g/mol. The summed E-state index contributed by atoms with van der Waals surface area (Å²) in [4.78, 5) is 38.5. The fourth-order valence-electron chi connectivity index (χ4n) is 3.39. The Hall–Kier alpha value is -3.11. The van der Waals surface area contributed by atoms with Crippen molar-refractivity contribution in [2.75, 3.05) is 0 Å². The van der Waals surface area contributed by atoms with Gasteiger partial charge in [0.05, 0.1) is 0 Å². The van der Waals surface area contributed by atoms with E-state index in [4.69, 9.17) is 0 Å². The van der Waals surface area contributed by atoms with E-state index in [0.717, 1.165) is 9.40 Å². The molecule has 0 amide bonds. The van der Waals surface area contributed by atoms with Gasteiger partial charge in [-0.3, -0.25) is 14.4 Å². The molecule has 0 spiro atoms. The van der Waals surface area contributed by atoms with Gasteiger partial charge in [0.15, 0.2) is 17.0 Å². The number of hydrogen-bond acceptors (Lipinski definition) is 4. The first-order valence-electron chi connectivity index (χ1n) is 7.83. The molecular formula is C21H10O3S. The molecule has 1 aromatic heterocycles. The van der Waals surface area contributed by atoms with E-state index in [1.54, 1.807) is 42.5 Å². The van der Waals surface area contributed by atoms with Crippen molar-refractivity contribution in [3.63, 3.8) is 0 Å². The Kier molecular flexibility index (Phi) is 2.82. The smallest absolute Gasteiger partial charge is 0.195 e. The van der Waals surface area contributed by atoms with Gasteiger partial charge in [0, 0.05) is 42.4 Å². The van der Waals surface area contributed by atoms with Crippen LogP contribution in [0.3, 0.4) is 0 Å². The van der Waals surface area contributed by atoms with Gasteiger partial charge in [0.2, 0.25) is 0 Å². The van der Waals surface area contributed by atoms with Crippen LogP contribution in [0.4, 0.5) is 0 Å². The van der Waals surface area contributed by atoms with Crippen LogP contribution in [0.1, 0.15) is 31.8 Å². The minimum absolute atomic E-state index is 0.105. The summed E-state index contributed by atoms with van der Waals surface area (Å²) in [5.41, 5.74) is 1.41. The topological polar surface area (TPSA) is 51.2 Å². The molecule has 0 atom stereocenters. The van der Waals surface area contributed by atoms with Gasteiger partial charge in [-0.1, -0.05) is 36.4 Å². The molecule has 3 nitrogen and oxygen atoms in total. The molecule has 1 heterocycles. The number of hydrogen-bond donors (Lipinski definition) is 0. The van der Waals surface area contributed by atoms with Crippen molar-refractivity contribution in [1.82, 2.24) is 0 Å². The zero-order valence-corrected chi connectivity index (χ0v) is 13.7. The van der Waals surface area contributed by atoms with Crippen LogP contribution in [-0.4, -0.2) is 11.6 Å². The van der Waals surface area contributed by atoms with Crippen molar-refractivity contribution in [3.8, 4) is 0 Å². The first-order valence-corrected chi connectivity index (χ1v) is 8.65. The third kappa shape index (κ3) is 1.88. The van der Waals surface area contributed by atoms with Crippen molar-refractivity contribution >= 4 is 43.1 Å². The highest BCUT2D eigenvalue weighted by Crippen LogP contribution is 2.32. The number of ketones is 2. The quantitative estimate of drug-likeness (QED) is 0.397. The molecule has 0 N–H and O–H groups in total. The molecule has 1 aliphatic rings. The summed E-state index contributed by atoms with van der Waals surface area (Å²) < 4.78 is 1.60. The lowest BCUT2D eigenvalue weighted by Crippen LogP contribution is -2.21. The Balaban J connectivity index is 1.91. The highest BCUT2D eigenvalue weighted by molar-refractivity contribution is 7.24. The number of benzene rings is 3. The second-order valence-corrected chi connectivity index (χ2v) is 7.11. The van der Waals surface area contributed by atoms with Crippen LogP contribution in [0.2, 0.25) is 0 Å². The Morgan fingerprint density at radius 3 is 1.88 bits per heavy atom. The fourth-order valence-corrected chi connectivity index (χ4v) is 4.49. The summed E-state index contributed by atoms with van der Waals surface area (Å²) in [7, 11) is 0. The SMILES string of the molecule is O=C1c2ccccc2C(=O)c2cc3c(=O)c4ccccc4sc3cc21. The number of fused-ring (bicyclic) bond motifs is 4. The Bertz CT molecular complexity index is 1300. The zero-order valence-electron chi connectivity index (χ0n) is 12.9. The second-order valence-electron chi connectivity index (χ2n) is 6.03. The fraction of sp³-hybridized carbons (Fsp3) is 0. The molecule has 4 heteroatoms. The number of rotatable bonds is 0. The maximum absolute atomic E-state index is 12.8. The van der Waals surface area contributed by atoms with Gasteiger partial charge in [0.1, 0.15) is 0 Å². The van der Waals surface area contributed by atoms with Gasteiger partial charge >= 0.3 is 0 Å². The van der Waals surface area contributed by atoms with Crippen LogP contribution in [0, 0.1) is 0 Å². The van der Waals surface area contributed by atoms with E-state index in [9.17, 15) is 14.4 Å². The molecule has 0 radical (unpaired) electrons. The third-order valence-electron chi connectivity index (χ3n) is 4.62. The van der Waals surface area contributed by atoms with Crippen molar-refractivity contribution in [1.29, 1.82) is 0 Å². The van der Waals surface area contributed by atoms with E-state index in [-0.39, 0.29) is 17.0 Å². The van der Waals surface area contributed by atoms with Crippen LogP contribution < -0.4 is 5.43 Å². The zero-order chi connectivity index (χ0) is 17.1. The average molecular weight is 342 g/mol. The lowest BCUT2D eigenvalue weighted by molar-refractivity contribution is 0.0979. The van der Waals surface area contributed by atoms with Crippen LogP contribution in [0.15, 0.2) is 65.5 Å². The largest absolute Gasteiger partial charge is 0.289 e. The standard InChI is InChI=1S/C21H10O3S/c22-19-11-5-1-2-6-12(11)20(23)15-10-18-16(9-14(15)19)21(24)13-7-3-4-8-17(13)25-18/h1-10H. The van der Waals surface area contributed by atoms with Crippen molar-refractivity contribution in [3.05, 3.63) is 93.1 Å². The summed E-state index contributed by atoms with van der Waals surface area (Å²) in [5.74, 6) is -0.371. The first kappa shape index (κ1) is 14.3. The summed E-state index contributed by atoms with van der Waals surface area (Å²) in [6.07, 6.45) is 0. The molecule has 5 rings (SSSR count). The maximum atomic E-state index is 12.8. The summed E-state index contributed by atoms with van der Waals surface area (Å²) in [6.45, 7) is 0. The summed E-state index contributed by atoms with van der Waals surface area (Å²) in [6, 6.07) is 17.5. The molecule has 4 aromatic rings. The molecule has 118 valence electrons. The van der Waals surface area contributed by atoms with E-state index in [1.165, 1.54) is 11.3 Å². The Morgan fingerprint density at radius 2 is 1.16 bits per heavy atom. The van der Waals surface area contributed by atoms with E-state index in [0.29, 0.717) is 33.0 Å². The lowest BCUT2D eigenvalue weighted by atomic mass is 9.83. The Morgan fingerprint density at radius 1 is 0.560 bits per heavy atom. The monoisotopic (exact) mass is 342 g/mol. The minimum Gasteiger partial charge on any atom is -0.289 e. The third-order valence-corrected chi connectivity index (χ3v) is 5.76. The molecule has 0 fully saturated rings. The van der Waals surface area contributed by atoms with Gasteiger partial charge in [-0.2, -0.15) is 0 Å². The first-order chi connectivity index (χ1) is 12.1. The number of carbonyl (C=O) groups is 2. The predicted molar refractivity (Wildman–Crippen MR) is 98.9 cm³/mol. The van der Waals surface area contributed by atoms with Crippen molar-refractivity contribution in [2.45, 2.75) is 0 Å². The van der Waals surface area contributed by atoms with Gasteiger partial charge in [-0.15, -0.1) is 11.3 Å². The van der Waals surface area contributed by atoms with E-state index in [1.807, 2.05) is 18.2 Å². The summed E-state index contributed by atoms with van der Waals surface area (Å²) in [5, 5.41) is 1.12. The van der Waals surface area contributed by atoms with Gasteiger partial charge in [0.25, 0.3) is 0 Å². The van der Waals surface area contributed by atoms with E-state index < -0.39 is 0 Å². The van der Waals surface area contributed by atoms with Crippen LogP contribution in [0.25, 0.3) is 20.2 Å². The second kappa shape index (κ2) is 4.94. The molecule has 0 unspecified atom stereocenters. The molecule has 0 saturated carbocycles. The van der Waals surface area contributed by atoms with Crippen molar-refractivity contribution in [2.24, 2.45) is 0 Å². The van der Waals surface area contributed by atoms with E-state index in [2.05, 4.69) is 0 Å². The minimum atomic E-state index is -0.204. The molecule has 0 bridgehead atoms. The molecule has 1 aliphatic carbocycles. The molecule has 25 heavy (non-hydrogen) atoms.